The molecule has 3 N–H and O–H groups in total. The van der Waals surface area contributed by atoms with Gasteiger partial charge in [0, 0.05) is 23.7 Å². The second-order valence-electron chi connectivity index (χ2n) is 3.87. The van der Waals surface area contributed by atoms with Gasteiger partial charge in [0.2, 0.25) is 0 Å². The first-order chi connectivity index (χ1) is 8.11. The van der Waals surface area contributed by atoms with Crippen LogP contribution in [0.1, 0.15) is 18.9 Å². The van der Waals surface area contributed by atoms with Crippen molar-refractivity contribution in [3.63, 3.8) is 0 Å². The van der Waals surface area contributed by atoms with Gasteiger partial charge in [0.1, 0.15) is 0 Å². The van der Waals surface area contributed by atoms with E-state index >= 15 is 0 Å². The number of amides is 2. The summed E-state index contributed by atoms with van der Waals surface area (Å²) in [6.45, 7) is 2.42. The Labute approximate surface area is 110 Å². The van der Waals surface area contributed by atoms with Crippen molar-refractivity contribution in [2.75, 3.05) is 6.61 Å². The van der Waals surface area contributed by atoms with Gasteiger partial charge in [-0.3, -0.25) is 0 Å². The van der Waals surface area contributed by atoms with Gasteiger partial charge in [-0.1, -0.05) is 28.1 Å². The molecule has 4 nitrogen and oxygen atoms in total. The molecular formula is C12H17BrN2O2. The zero-order valence-corrected chi connectivity index (χ0v) is 11.3. The minimum atomic E-state index is -0.217. The molecule has 94 valence electrons. The lowest BCUT2D eigenvalue weighted by Gasteiger charge is -2.13. The quantitative estimate of drug-likeness (QED) is 0.779. The van der Waals surface area contributed by atoms with Crippen molar-refractivity contribution in [3.05, 3.63) is 34.3 Å². The predicted octanol–water partition coefficient (Wildman–Crippen LogP) is 2.02. The molecule has 0 heterocycles. The number of hydrogen-bond acceptors (Lipinski definition) is 2. The van der Waals surface area contributed by atoms with E-state index in [0.717, 1.165) is 10.0 Å². The lowest BCUT2D eigenvalue weighted by Crippen LogP contribution is -2.40. The molecule has 1 aromatic rings. The number of carbonyl (C=O) groups excluding carboxylic acids is 1. The number of aliphatic hydroxyl groups is 1. The lowest BCUT2D eigenvalue weighted by molar-refractivity contribution is 0.230. The average Bonchev–Trinajstić information content (AvgIpc) is 2.27. The molecule has 5 heteroatoms. The molecule has 0 aliphatic carbocycles. The van der Waals surface area contributed by atoms with Crippen molar-refractivity contribution in [3.8, 4) is 0 Å². The molecule has 0 radical (unpaired) electrons. The monoisotopic (exact) mass is 300 g/mol. The number of urea groups is 1. The highest BCUT2D eigenvalue weighted by atomic mass is 79.9. The Morgan fingerprint density at radius 3 is 2.94 bits per heavy atom. The zero-order chi connectivity index (χ0) is 12.7. The first-order valence-electron chi connectivity index (χ1n) is 5.51. The Balaban J connectivity index is 2.33. The number of carbonyl (C=O) groups is 1. The normalized spacial score (nSPS) is 11.9. The van der Waals surface area contributed by atoms with Crippen LogP contribution < -0.4 is 10.6 Å². The third-order valence-corrected chi connectivity index (χ3v) is 2.77. The van der Waals surface area contributed by atoms with Crippen LogP contribution in [0.25, 0.3) is 0 Å². The maximum atomic E-state index is 11.5. The molecule has 0 bridgehead atoms. The van der Waals surface area contributed by atoms with Crippen molar-refractivity contribution >= 4 is 22.0 Å². The minimum Gasteiger partial charge on any atom is -0.396 e. The summed E-state index contributed by atoms with van der Waals surface area (Å²) in [5, 5.41) is 14.2. The number of aliphatic hydroxyl groups excluding tert-OH is 1. The summed E-state index contributed by atoms with van der Waals surface area (Å²) in [7, 11) is 0. The molecule has 0 saturated heterocycles. The largest absolute Gasteiger partial charge is 0.396 e. The summed E-state index contributed by atoms with van der Waals surface area (Å²) in [6, 6.07) is 7.52. The molecule has 1 aromatic carbocycles. The van der Waals surface area contributed by atoms with E-state index in [9.17, 15) is 4.79 Å². The van der Waals surface area contributed by atoms with Crippen LogP contribution in [0.3, 0.4) is 0 Å². The highest BCUT2D eigenvalue weighted by molar-refractivity contribution is 9.10. The fourth-order valence-corrected chi connectivity index (χ4v) is 1.82. The van der Waals surface area contributed by atoms with Crippen molar-refractivity contribution in [2.45, 2.75) is 25.9 Å². The van der Waals surface area contributed by atoms with Crippen molar-refractivity contribution < 1.29 is 9.90 Å². The fraction of sp³-hybridized carbons (Fsp3) is 0.417. The molecule has 0 aliphatic heterocycles. The van der Waals surface area contributed by atoms with Crippen LogP contribution in [0, 0.1) is 0 Å². The Morgan fingerprint density at radius 2 is 2.29 bits per heavy atom. The summed E-state index contributed by atoms with van der Waals surface area (Å²) in [5.74, 6) is 0. The summed E-state index contributed by atoms with van der Waals surface area (Å²) in [5.41, 5.74) is 1.03. The first-order valence-corrected chi connectivity index (χ1v) is 6.31. The Morgan fingerprint density at radius 1 is 1.53 bits per heavy atom. The Kier molecular flexibility index (Phi) is 6.00. The van der Waals surface area contributed by atoms with E-state index in [1.165, 1.54) is 0 Å². The second-order valence-corrected chi connectivity index (χ2v) is 4.79. The van der Waals surface area contributed by atoms with Crippen LogP contribution >= 0.6 is 15.9 Å². The van der Waals surface area contributed by atoms with Gasteiger partial charge in [0.05, 0.1) is 0 Å². The third-order valence-electron chi connectivity index (χ3n) is 2.28. The molecule has 0 saturated carbocycles. The van der Waals surface area contributed by atoms with Gasteiger partial charge in [0.15, 0.2) is 0 Å². The summed E-state index contributed by atoms with van der Waals surface area (Å²) in [4.78, 5) is 11.5. The van der Waals surface area contributed by atoms with Crippen molar-refractivity contribution in [2.24, 2.45) is 0 Å². The molecule has 1 rings (SSSR count). The molecule has 0 unspecified atom stereocenters. The molecule has 17 heavy (non-hydrogen) atoms. The molecule has 0 aliphatic rings. The van der Waals surface area contributed by atoms with E-state index < -0.39 is 0 Å². The van der Waals surface area contributed by atoms with Gasteiger partial charge in [0.25, 0.3) is 0 Å². The van der Waals surface area contributed by atoms with E-state index in [0.29, 0.717) is 13.0 Å². The zero-order valence-electron chi connectivity index (χ0n) is 9.74. The van der Waals surface area contributed by atoms with Gasteiger partial charge < -0.3 is 15.7 Å². The molecule has 2 amide bonds. The predicted molar refractivity (Wildman–Crippen MR) is 70.7 cm³/mol. The highest BCUT2D eigenvalue weighted by Crippen LogP contribution is 2.11. The molecular weight excluding hydrogens is 284 g/mol. The second kappa shape index (κ2) is 7.29. The number of nitrogens with one attached hydrogen (secondary N) is 2. The lowest BCUT2D eigenvalue weighted by atomic mass is 10.2. The Bertz CT molecular complexity index is 371. The van der Waals surface area contributed by atoms with Crippen LogP contribution in [0.5, 0.6) is 0 Å². The van der Waals surface area contributed by atoms with Gasteiger partial charge in [-0.05, 0) is 31.0 Å². The van der Waals surface area contributed by atoms with E-state index in [1.807, 2.05) is 31.2 Å². The topological polar surface area (TPSA) is 61.4 Å². The van der Waals surface area contributed by atoms with Crippen LogP contribution in [-0.2, 0) is 6.54 Å². The smallest absolute Gasteiger partial charge is 0.315 e. The van der Waals surface area contributed by atoms with Gasteiger partial charge in [-0.15, -0.1) is 0 Å². The summed E-state index contributed by atoms with van der Waals surface area (Å²) >= 11 is 3.37. The average molecular weight is 301 g/mol. The van der Waals surface area contributed by atoms with E-state index in [2.05, 4.69) is 26.6 Å². The Hall–Kier alpha value is -1.07. The van der Waals surface area contributed by atoms with Gasteiger partial charge in [-0.2, -0.15) is 0 Å². The third kappa shape index (κ3) is 5.70. The van der Waals surface area contributed by atoms with E-state index in [4.69, 9.17) is 5.11 Å². The van der Waals surface area contributed by atoms with Crippen LogP contribution in [-0.4, -0.2) is 23.8 Å². The number of rotatable bonds is 5. The molecule has 0 fully saturated rings. The van der Waals surface area contributed by atoms with E-state index in [-0.39, 0.29) is 18.7 Å². The van der Waals surface area contributed by atoms with Gasteiger partial charge >= 0.3 is 6.03 Å². The van der Waals surface area contributed by atoms with Crippen LogP contribution in [0.4, 0.5) is 4.79 Å². The molecule has 1 atom stereocenters. The highest BCUT2D eigenvalue weighted by Gasteiger charge is 2.05. The standard InChI is InChI=1S/C12H17BrN2O2/c1-9(5-6-16)15-12(17)14-8-10-3-2-4-11(13)7-10/h2-4,7,9,16H,5-6,8H2,1H3,(H2,14,15,17)/t9-/m1/s1. The first kappa shape index (κ1) is 14.0. The van der Waals surface area contributed by atoms with Crippen LogP contribution in [0.2, 0.25) is 0 Å². The SMILES string of the molecule is C[C@H](CCO)NC(=O)NCc1cccc(Br)c1. The van der Waals surface area contributed by atoms with Crippen LogP contribution in [0.15, 0.2) is 28.7 Å². The summed E-state index contributed by atoms with van der Waals surface area (Å²) in [6.07, 6.45) is 0.560. The maximum absolute atomic E-state index is 11.5. The number of halogens is 1. The van der Waals surface area contributed by atoms with Gasteiger partial charge in [-0.25, -0.2) is 4.79 Å². The summed E-state index contributed by atoms with van der Waals surface area (Å²) < 4.78 is 0.992. The van der Waals surface area contributed by atoms with E-state index in [1.54, 1.807) is 0 Å². The number of hydrogen-bond donors (Lipinski definition) is 3. The fourth-order valence-electron chi connectivity index (χ4n) is 1.37. The molecule has 0 aromatic heterocycles. The molecule has 0 spiro atoms. The maximum Gasteiger partial charge on any atom is 0.315 e. The minimum absolute atomic E-state index is 0.0255. The van der Waals surface area contributed by atoms with Crippen molar-refractivity contribution in [1.82, 2.24) is 10.6 Å². The number of benzene rings is 1. The van der Waals surface area contributed by atoms with Crippen molar-refractivity contribution in [1.29, 1.82) is 0 Å².